The molecular weight excluding hydrogens is 228 g/mol. The summed E-state index contributed by atoms with van der Waals surface area (Å²) in [5, 5.41) is 0.977. The van der Waals surface area contributed by atoms with E-state index < -0.39 is 0 Å². The van der Waals surface area contributed by atoms with Gasteiger partial charge < -0.3 is 5.73 Å². The Kier molecular flexibility index (Phi) is 3.96. The largest absolute Gasteiger partial charge is 0.383 e. The molecule has 0 atom stereocenters. The van der Waals surface area contributed by atoms with E-state index >= 15 is 0 Å². The molecule has 0 bridgehead atoms. The van der Waals surface area contributed by atoms with Crippen molar-refractivity contribution in [2.24, 2.45) is 0 Å². The maximum absolute atomic E-state index is 5.73. The van der Waals surface area contributed by atoms with Crippen LogP contribution < -0.4 is 5.73 Å². The molecule has 0 radical (unpaired) electrons. The Bertz CT molecular complexity index is 308. The summed E-state index contributed by atoms with van der Waals surface area (Å²) < 4.78 is 0. The molecular formula is C10H13BrN2. The average Bonchev–Trinajstić information content (AvgIpc) is 2.15. The van der Waals surface area contributed by atoms with E-state index in [-0.39, 0.29) is 0 Å². The maximum Gasteiger partial charge on any atom is 0.130 e. The van der Waals surface area contributed by atoms with Gasteiger partial charge in [-0.05, 0) is 31.1 Å². The first-order chi connectivity index (χ1) is 6.25. The monoisotopic (exact) mass is 240 g/mol. The number of allylic oxidation sites excluding steroid dienone is 2. The number of hydrogen-bond acceptors (Lipinski definition) is 2. The number of alkyl halides is 1. The number of halogens is 1. The van der Waals surface area contributed by atoms with E-state index in [2.05, 4.69) is 33.9 Å². The van der Waals surface area contributed by atoms with Crippen molar-refractivity contribution in [3.05, 3.63) is 30.0 Å². The van der Waals surface area contributed by atoms with Crippen LogP contribution in [0.3, 0.4) is 0 Å². The molecule has 2 nitrogen and oxygen atoms in total. The molecule has 0 unspecified atom stereocenters. The van der Waals surface area contributed by atoms with Crippen molar-refractivity contribution < 1.29 is 0 Å². The van der Waals surface area contributed by atoms with Gasteiger partial charge in [-0.25, -0.2) is 4.98 Å². The van der Waals surface area contributed by atoms with E-state index in [9.17, 15) is 0 Å². The fraction of sp³-hybridized carbons (Fsp3) is 0.300. The average molecular weight is 241 g/mol. The van der Waals surface area contributed by atoms with Crippen LogP contribution in [0.2, 0.25) is 0 Å². The molecule has 1 rings (SSSR count). The molecule has 70 valence electrons. The molecule has 0 saturated heterocycles. The summed E-state index contributed by atoms with van der Waals surface area (Å²) in [6.07, 6.45) is 4.87. The van der Waals surface area contributed by atoms with Crippen molar-refractivity contribution in [2.75, 3.05) is 11.1 Å². The third-order valence-electron chi connectivity index (χ3n) is 1.82. The summed E-state index contributed by atoms with van der Waals surface area (Å²) in [5.74, 6) is 0.603. The third kappa shape index (κ3) is 2.84. The van der Waals surface area contributed by atoms with E-state index in [1.165, 1.54) is 5.57 Å². The van der Waals surface area contributed by atoms with E-state index in [0.717, 1.165) is 17.3 Å². The summed E-state index contributed by atoms with van der Waals surface area (Å²) in [7, 11) is 0. The lowest BCUT2D eigenvalue weighted by Gasteiger charge is -2.03. The van der Waals surface area contributed by atoms with Gasteiger partial charge in [-0.15, -0.1) is 0 Å². The standard InChI is InChI=1S/C10H13BrN2/c1-8(4-2-6-11)9-5-3-7-13-10(9)12/h3-5,7H,2,6H2,1H3,(H2,12,13). The van der Waals surface area contributed by atoms with Crippen LogP contribution in [0, 0.1) is 0 Å². The summed E-state index contributed by atoms with van der Waals surface area (Å²) in [6.45, 7) is 2.05. The first-order valence-corrected chi connectivity index (χ1v) is 5.31. The smallest absolute Gasteiger partial charge is 0.130 e. The van der Waals surface area contributed by atoms with Crippen LogP contribution in [-0.2, 0) is 0 Å². The van der Waals surface area contributed by atoms with Gasteiger partial charge in [0.05, 0.1) is 0 Å². The molecule has 1 aromatic rings. The Balaban J connectivity index is 2.88. The highest BCUT2D eigenvalue weighted by atomic mass is 79.9. The van der Waals surface area contributed by atoms with Crippen LogP contribution in [-0.4, -0.2) is 10.3 Å². The molecule has 0 spiro atoms. The Labute approximate surface area is 87.0 Å². The number of anilines is 1. The van der Waals surface area contributed by atoms with E-state index in [0.29, 0.717) is 5.82 Å². The van der Waals surface area contributed by atoms with Crippen LogP contribution in [0.15, 0.2) is 24.4 Å². The zero-order valence-electron chi connectivity index (χ0n) is 7.63. The highest BCUT2D eigenvalue weighted by Crippen LogP contribution is 2.18. The first kappa shape index (κ1) is 10.3. The summed E-state index contributed by atoms with van der Waals surface area (Å²) in [6, 6.07) is 3.89. The topological polar surface area (TPSA) is 38.9 Å². The van der Waals surface area contributed by atoms with Crippen molar-refractivity contribution in [2.45, 2.75) is 13.3 Å². The Hall–Kier alpha value is -0.830. The van der Waals surface area contributed by atoms with Gasteiger partial charge in [0.25, 0.3) is 0 Å². The first-order valence-electron chi connectivity index (χ1n) is 4.19. The van der Waals surface area contributed by atoms with Crippen LogP contribution in [0.25, 0.3) is 5.57 Å². The fourth-order valence-corrected chi connectivity index (χ4v) is 1.36. The number of rotatable bonds is 3. The van der Waals surface area contributed by atoms with Gasteiger partial charge in [0, 0.05) is 17.1 Å². The molecule has 0 aromatic carbocycles. The van der Waals surface area contributed by atoms with Crippen molar-refractivity contribution in [3.63, 3.8) is 0 Å². The van der Waals surface area contributed by atoms with Crippen LogP contribution in [0.4, 0.5) is 5.82 Å². The van der Waals surface area contributed by atoms with Crippen molar-refractivity contribution >= 4 is 27.3 Å². The van der Waals surface area contributed by atoms with Crippen molar-refractivity contribution in [1.29, 1.82) is 0 Å². The lowest BCUT2D eigenvalue weighted by molar-refractivity contribution is 1.25. The molecule has 3 heteroatoms. The van der Waals surface area contributed by atoms with Crippen LogP contribution in [0.1, 0.15) is 18.9 Å². The van der Waals surface area contributed by atoms with Crippen LogP contribution >= 0.6 is 15.9 Å². The van der Waals surface area contributed by atoms with E-state index in [4.69, 9.17) is 5.73 Å². The van der Waals surface area contributed by atoms with E-state index in [1.807, 2.05) is 12.1 Å². The minimum atomic E-state index is 0.603. The molecule has 0 fully saturated rings. The lowest BCUT2D eigenvalue weighted by Crippen LogP contribution is -1.94. The predicted molar refractivity (Wildman–Crippen MR) is 60.7 cm³/mol. The second kappa shape index (κ2) is 5.02. The second-order valence-corrected chi connectivity index (χ2v) is 3.59. The Morgan fingerprint density at radius 3 is 3.08 bits per heavy atom. The van der Waals surface area contributed by atoms with Crippen molar-refractivity contribution in [1.82, 2.24) is 4.98 Å². The van der Waals surface area contributed by atoms with Gasteiger partial charge in [-0.3, -0.25) is 0 Å². The molecule has 0 aliphatic heterocycles. The number of pyridine rings is 1. The van der Waals surface area contributed by atoms with Gasteiger partial charge in [0.2, 0.25) is 0 Å². The number of hydrogen-bond donors (Lipinski definition) is 1. The zero-order chi connectivity index (χ0) is 9.68. The zero-order valence-corrected chi connectivity index (χ0v) is 9.21. The Morgan fingerprint density at radius 2 is 2.46 bits per heavy atom. The van der Waals surface area contributed by atoms with Gasteiger partial charge >= 0.3 is 0 Å². The van der Waals surface area contributed by atoms with Gasteiger partial charge in [0.15, 0.2) is 0 Å². The normalized spacial score (nSPS) is 11.7. The van der Waals surface area contributed by atoms with Gasteiger partial charge in [-0.1, -0.05) is 22.0 Å². The highest BCUT2D eigenvalue weighted by Gasteiger charge is 1.99. The SMILES string of the molecule is CC(=CCCBr)c1cccnc1N. The summed E-state index contributed by atoms with van der Waals surface area (Å²) in [4.78, 5) is 4.03. The molecule has 0 amide bonds. The molecule has 1 heterocycles. The van der Waals surface area contributed by atoms with Crippen molar-refractivity contribution in [3.8, 4) is 0 Å². The maximum atomic E-state index is 5.73. The minimum Gasteiger partial charge on any atom is -0.383 e. The molecule has 2 N–H and O–H groups in total. The molecule has 0 aliphatic carbocycles. The number of nitrogens with two attached hydrogens (primary N) is 1. The highest BCUT2D eigenvalue weighted by molar-refractivity contribution is 9.09. The van der Waals surface area contributed by atoms with Gasteiger partial charge in [-0.2, -0.15) is 0 Å². The second-order valence-electron chi connectivity index (χ2n) is 2.80. The number of aromatic nitrogens is 1. The fourth-order valence-electron chi connectivity index (χ4n) is 1.13. The molecule has 13 heavy (non-hydrogen) atoms. The quantitative estimate of drug-likeness (QED) is 0.826. The Morgan fingerprint density at radius 1 is 1.69 bits per heavy atom. The van der Waals surface area contributed by atoms with Gasteiger partial charge in [0.1, 0.15) is 5.82 Å². The predicted octanol–water partition coefficient (Wildman–Crippen LogP) is 2.85. The lowest BCUT2D eigenvalue weighted by atomic mass is 10.1. The molecule has 0 saturated carbocycles. The van der Waals surface area contributed by atoms with E-state index in [1.54, 1.807) is 6.20 Å². The minimum absolute atomic E-state index is 0.603. The summed E-state index contributed by atoms with van der Waals surface area (Å²) >= 11 is 3.38. The summed E-state index contributed by atoms with van der Waals surface area (Å²) in [5.41, 5.74) is 7.95. The molecule has 0 aliphatic rings. The van der Waals surface area contributed by atoms with Crippen LogP contribution in [0.5, 0.6) is 0 Å². The third-order valence-corrected chi connectivity index (χ3v) is 2.28. The molecule has 1 aromatic heterocycles. The number of nitrogen functional groups attached to an aromatic ring is 1. The number of nitrogens with zero attached hydrogens (tertiary/aromatic N) is 1.